The lowest BCUT2D eigenvalue weighted by Crippen LogP contribution is -2.12. The van der Waals surface area contributed by atoms with E-state index in [1.165, 1.54) is 30.3 Å². The van der Waals surface area contributed by atoms with Crippen molar-refractivity contribution in [2.45, 2.75) is 4.90 Å². The van der Waals surface area contributed by atoms with Crippen molar-refractivity contribution in [3.8, 4) is 11.8 Å². The third-order valence-electron chi connectivity index (χ3n) is 2.54. The van der Waals surface area contributed by atoms with Crippen LogP contribution in [0.1, 0.15) is 5.56 Å². The maximum absolute atomic E-state index is 12.2. The number of hydrogen-bond acceptors (Lipinski definition) is 6. The number of nitriles is 1. The lowest BCUT2D eigenvalue weighted by atomic mass is 10.2. The summed E-state index contributed by atoms with van der Waals surface area (Å²) in [7, 11) is -4.41. The largest absolute Gasteiger partial charge is 0.377 e. The molecule has 21 heavy (non-hydrogen) atoms. The molecule has 0 amide bonds. The van der Waals surface area contributed by atoms with E-state index in [0.29, 0.717) is 0 Å². The number of para-hydroxylation sites is 2. The number of nitrogens with zero attached hydrogens (tertiary/aromatic N) is 2. The second-order valence-corrected chi connectivity index (χ2v) is 5.38. The van der Waals surface area contributed by atoms with Gasteiger partial charge >= 0.3 is 10.1 Å². The molecule has 0 aromatic heterocycles. The van der Waals surface area contributed by atoms with Crippen molar-refractivity contribution < 1.29 is 17.5 Å². The molecular formula is C13H8N2O5S. The molecule has 2 aromatic rings. The van der Waals surface area contributed by atoms with Crippen molar-refractivity contribution in [3.63, 3.8) is 0 Å². The van der Waals surface area contributed by atoms with Crippen LogP contribution < -0.4 is 4.18 Å². The van der Waals surface area contributed by atoms with E-state index >= 15 is 0 Å². The molecule has 0 unspecified atom stereocenters. The Balaban J connectivity index is 2.50. The topological polar surface area (TPSA) is 110 Å². The summed E-state index contributed by atoms with van der Waals surface area (Å²) in [6.07, 6.45) is 0. The summed E-state index contributed by atoms with van der Waals surface area (Å²) in [5.41, 5.74) is -0.577. The Labute approximate surface area is 120 Å². The van der Waals surface area contributed by atoms with E-state index in [4.69, 9.17) is 9.44 Å². The number of nitro benzene ring substituents is 1. The van der Waals surface area contributed by atoms with Crippen LogP contribution in [0.2, 0.25) is 0 Å². The molecule has 0 saturated carbocycles. The van der Waals surface area contributed by atoms with E-state index in [9.17, 15) is 18.5 Å². The van der Waals surface area contributed by atoms with Gasteiger partial charge in [0.25, 0.3) is 5.69 Å². The molecule has 0 saturated heterocycles. The normalized spacial score (nSPS) is 10.6. The van der Waals surface area contributed by atoms with Gasteiger partial charge in [0, 0.05) is 6.07 Å². The van der Waals surface area contributed by atoms with Crippen LogP contribution in [0.25, 0.3) is 0 Å². The molecule has 0 aliphatic heterocycles. The van der Waals surface area contributed by atoms with Crippen molar-refractivity contribution in [1.82, 2.24) is 0 Å². The number of rotatable bonds is 4. The lowest BCUT2D eigenvalue weighted by Gasteiger charge is -2.08. The van der Waals surface area contributed by atoms with Crippen molar-refractivity contribution >= 4 is 15.8 Å². The van der Waals surface area contributed by atoms with Crippen LogP contribution in [-0.2, 0) is 10.1 Å². The van der Waals surface area contributed by atoms with E-state index in [2.05, 4.69) is 0 Å². The molecule has 8 heteroatoms. The first kappa shape index (κ1) is 14.5. The van der Waals surface area contributed by atoms with Crippen molar-refractivity contribution in [1.29, 1.82) is 5.26 Å². The zero-order chi connectivity index (χ0) is 15.5. The summed E-state index contributed by atoms with van der Waals surface area (Å²) >= 11 is 0. The van der Waals surface area contributed by atoms with Gasteiger partial charge in [-0.15, -0.1) is 0 Å². The Morgan fingerprint density at radius 1 is 1.10 bits per heavy atom. The quantitative estimate of drug-likeness (QED) is 0.486. The predicted molar refractivity (Wildman–Crippen MR) is 72.1 cm³/mol. The van der Waals surface area contributed by atoms with Crippen LogP contribution in [0.3, 0.4) is 0 Å². The number of benzene rings is 2. The third-order valence-corrected chi connectivity index (χ3v) is 3.82. The van der Waals surface area contributed by atoms with Crippen molar-refractivity contribution in [2.75, 3.05) is 0 Å². The fraction of sp³-hybridized carbons (Fsp3) is 0. The molecule has 0 atom stereocenters. The monoisotopic (exact) mass is 304 g/mol. The lowest BCUT2D eigenvalue weighted by molar-refractivity contribution is -0.387. The van der Waals surface area contributed by atoms with Gasteiger partial charge in [0.15, 0.2) is 10.6 Å². The minimum Gasteiger partial charge on any atom is -0.377 e. The molecule has 0 radical (unpaired) electrons. The second-order valence-electron chi connectivity index (χ2n) is 3.87. The molecule has 0 fully saturated rings. The highest BCUT2D eigenvalue weighted by atomic mass is 32.2. The first-order valence-corrected chi connectivity index (χ1v) is 7.03. The Hall–Kier alpha value is -2.92. The minimum absolute atomic E-state index is 0.0136. The molecule has 2 rings (SSSR count). The summed E-state index contributed by atoms with van der Waals surface area (Å²) < 4.78 is 29.2. The molecule has 0 heterocycles. The third kappa shape index (κ3) is 2.98. The fourth-order valence-corrected chi connectivity index (χ4v) is 2.73. The molecule has 0 aliphatic rings. The van der Waals surface area contributed by atoms with Crippen LogP contribution in [0.5, 0.6) is 5.75 Å². The SMILES string of the molecule is N#Cc1ccccc1OS(=O)(=O)c1ccccc1[N+](=O)[O-]. The standard InChI is InChI=1S/C13H8N2O5S/c14-9-10-5-1-3-7-12(10)20-21(18,19)13-8-4-2-6-11(13)15(16)17/h1-8H. The van der Waals surface area contributed by atoms with Gasteiger partial charge in [0.2, 0.25) is 0 Å². The first-order valence-electron chi connectivity index (χ1n) is 5.63. The van der Waals surface area contributed by atoms with E-state index in [1.807, 2.05) is 0 Å². The van der Waals surface area contributed by atoms with Crippen molar-refractivity contribution in [3.05, 3.63) is 64.2 Å². The molecule has 0 spiro atoms. The molecule has 2 aromatic carbocycles. The zero-order valence-electron chi connectivity index (χ0n) is 10.5. The van der Waals surface area contributed by atoms with Gasteiger partial charge < -0.3 is 4.18 Å². The van der Waals surface area contributed by atoms with Gasteiger partial charge in [-0.2, -0.15) is 13.7 Å². The van der Waals surface area contributed by atoms with Gasteiger partial charge in [-0.05, 0) is 18.2 Å². The number of hydrogen-bond donors (Lipinski definition) is 0. The van der Waals surface area contributed by atoms with E-state index < -0.39 is 25.6 Å². The summed E-state index contributed by atoms with van der Waals surface area (Å²) in [5.74, 6) is -0.182. The maximum Gasteiger partial charge on any atom is 0.346 e. The van der Waals surface area contributed by atoms with E-state index in [-0.39, 0.29) is 11.3 Å². The molecule has 7 nitrogen and oxygen atoms in total. The van der Waals surface area contributed by atoms with Crippen LogP contribution in [0.15, 0.2) is 53.4 Å². The summed E-state index contributed by atoms with van der Waals surface area (Å²) in [6.45, 7) is 0. The second kappa shape index (κ2) is 5.60. The fourth-order valence-electron chi connectivity index (χ4n) is 1.61. The van der Waals surface area contributed by atoms with Crippen molar-refractivity contribution in [2.24, 2.45) is 0 Å². The summed E-state index contributed by atoms with van der Waals surface area (Å²) in [5, 5.41) is 19.8. The first-order chi connectivity index (χ1) is 9.95. The van der Waals surface area contributed by atoms with E-state index in [0.717, 1.165) is 12.1 Å². The Morgan fingerprint density at radius 3 is 2.38 bits per heavy atom. The number of nitro groups is 1. The van der Waals surface area contributed by atoms with Crippen LogP contribution in [0.4, 0.5) is 5.69 Å². The van der Waals surface area contributed by atoms with Gasteiger partial charge in [-0.25, -0.2) is 0 Å². The Morgan fingerprint density at radius 2 is 1.71 bits per heavy atom. The molecule has 0 N–H and O–H groups in total. The van der Waals surface area contributed by atoms with Gasteiger partial charge in [-0.1, -0.05) is 24.3 Å². The van der Waals surface area contributed by atoms with Gasteiger partial charge in [-0.3, -0.25) is 10.1 Å². The highest BCUT2D eigenvalue weighted by Gasteiger charge is 2.27. The smallest absolute Gasteiger partial charge is 0.346 e. The summed E-state index contributed by atoms with van der Waals surface area (Å²) in [6, 6.07) is 12.3. The zero-order valence-corrected chi connectivity index (χ0v) is 11.3. The van der Waals surface area contributed by atoms with Gasteiger partial charge in [0.05, 0.1) is 10.5 Å². The summed E-state index contributed by atoms with van der Waals surface area (Å²) in [4.78, 5) is 9.50. The molecule has 106 valence electrons. The van der Waals surface area contributed by atoms with Gasteiger partial charge in [0.1, 0.15) is 6.07 Å². The average Bonchev–Trinajstić information content (AvgIpc) is 2.47. The predicted octanol–water partition coefficient (Wildman–Crippen LogP) is 2.23. The average molecular weight is 304 g/mol. The maximum atomic E-state index is 12.2. The minimum atomic E-state index is -4.41. The Kier molecular flexibility index (Phi) is 3.86. The highest BCUT2D eigenvalue weighted by molar-refractivity contribution is 7.87. The molecule has 0 aliphatic carbocycles. The van der Waals surface area contributed by atoms with E-state index in [1.54, 1.807) is 12.1 Å². The highest BCUT2D eigenvalue weighted by Crippen LogP contribution is 2.27. The Bertz CT molecular complexity index is 840. The molecule has 0 bridgehead atoms. The van der Waals surface area contributed by atoms with Crippen LogP contribution in [0, 0.1) is 21.4 Å². The van der Waals surface area contributed by atoms with Crippen LogP contribution in [-0.4, -0.2) is 13.3 Å². The van der Waals surface area contributed by atoms with Crippen LogP contribution >= 0.6 is 0 Å². The molecular weight excluding hydrogens is 296 g/mol.